The zero-order valence-corrected chi connectivity index (χ0v) is 16.2. The molecule has 0 fully saturated rings. The molecular weight excluding hydrogens is 367 g/mol. The summed E-state index contributed by atoms with van der Waals surface area (Å²) in [6.45, 7) is 4.18. The third kappa shape index (κ3) is 3.10. The maximum Gasteiger partial charge on any atom is 0.145 e. The van der Waals surface area contributed by atoms with Gasteiger partial charge in [-0.3, -0.25) is 4.79 Å². The lowest BCUT2D eigenvalue weighted by atomic mass is 9.72. The van der Waals surface area contributed by atoms with Gasteiger partial charge in [0.15, 0.2) is 0 Å². The van der Waals surface area contributed by atoms with Gasteiger partial charge < -0.3 is 10.6 Å². The Hall–Kier alpha value is -1.97. The number of para-hydroxylation sites is 2. The molecule has 0 aromatic heterocycles. The second-order valence-electron chi connectivity index (χ2n) is 7.68. The number of nitrogens with one attached hydrogen (secondary N) is 2. The first-order valence-corrected chi connectivity index (χ1v) is 9.43. The topological polar surface area (TPSA) is 41.1 Å². The Balaban J connectivity index is 1.88. The Bertz CT molecular complexity index is 920. The predicted molar refractivity (Wildman–Crippen MR) is 108 cm³/mol. The number of halogens is 2. The van der Waals surface area contributed by atoms with E-state index >= 15 is 0 Å². The normalized spacial score (nSPS) is 23.7. The van der Waals surface area contributed by atoms with Crippen LogP contribution in [0.1, 0.15) is 31.9 Å². The van der Waals surface area contributed by atoms with Gasteiger partial charge in [-0.05, 0) is 35.2 Å². The molecule has 0 saturated heterocycles. The second kappa shape index (κ2) is 6.33. The van der Waals surface area contributed by atoms with Gasteiger partial charge in [-0.15, -0.1) is 0 Å². The highest BCUT2D eigenvalue weighted by molar-refractivity contribution is 6.42. The first-order valence-electron chi connectivity index (χ1n) is 8.67. The maximum absolute atomic E-state index is 13.1. The SMILES string of the molecule is CC1(C)C=C2Nc3ccccc3NC(c3ccc(Cl)c(Cl)c3)C2C(=O)C1. The minimum absolute atomic E-state index is 0.169. The highest BCUT2D eigenvalue weighted by Gasteiger charge is 2.41. The van der Waals surface area contributed by atoms with E-state index in [1.54, 1.807) is 6.07 Å². The van der Waals surface area contributed by atoms with Gasteiger partial charge in [0.1, 0.15) is 5.78 Å². The molecule has 0 amide bonds. The van der Waals surface area contributed by atoms with E-state index in [1.165, 1.54) is 0 Å². The van der Waals surface area contributed by atoms with Crippen LogP contribution < -0.4 is 10.6 Å². The molecule has 3 nitrogen and oxygen atoms in total. The van der Waals surface area contributed by atoms with Crippen molar-refractivity contribution in [2.24, 2.45) is 11.3 Å². The van der Waals surface area contributed by atoms with Crippen LogP contribution in [-0.2, 0) is 4.79 Å². The van der Waals surface area contributed by atoms with Crippen LogP contribution in [0, 0.1) is 11.3 Å². The van der Waals surface area contributed by atoms with Crippen LogP contribution in [0.5, 0.6) is 0 Å². The zero-order valence-electron chi connectivity index (χ0n) is 14.6. The third-order valence-electron chi connectivity index (χ3n) is 5.01. The van der Waals surface area contributed by atoms with E-state index in [4.69, 9.17) is 23.2 Å². The molecule has 4 rings (SSSR count). The van der Waals surface area contributed by atoms with Crippen molar-refractivity contribution in [2.45, 2.75) is 26.3 Å². The molecule has 134 valence electrons. The van der Waals surface area contributed by atoms with Crippen LogP contribution in [-0.4, -0.2) is 5.78 Å². The summed E-state index contributed by atoms with van der Waals surface area (Å²) in [5.74, 6) is -0.0796. The summed E-state index contributed by atoms with van der Waals surface area (Å²) in [7, 11) is 0. The maximum atomic E-state index is 13.1. The molecule has 1 aliphatic carbocycles. The van der Waals surface area contributed by atoms with Crippen LogP contribution >= 0.6 is 23.2 Å². The van der Waals surface area contributed by atoms with Gasteiger partial charge in [-0.1, -0.05) is 61.3 Å². The van der Waals surface area contributed by atoms with Crippen molar-refractivity contribution in [3.8, 4) is 0 Å². The Labute approximate surface area is 163 Å². The number of ketones is 1. The van der Waals surface area contributed by atoms with Gasteiger partial charge >= 0.3 is 0 Å². The van der Waals surface area contributed by atoms with Gasteiger partial charge in [0.25, 0.3) is 0 Å². The van der Waals surface area contributed by atoms with E-state index in [-0.39, 0.29) is 23.2 Å². The first kappa shape index (κ1) is 17.4. The number of rotatable bonds is 1. The van der Waals surface area contributed by atoms with E-state index in [0.29, 0.717) is 16.5 Å². The predicted octanol–water partition coefficient (Wildman–Crippen LogP) is 6.07. The Kier molecular flexibility index (Phi) is 4.25. The summed E-state index contributed by atoms with van der Waals surface area (Å²) in [5, 5.41) is 8.05. The van der Waals surface area contributed by atoms with Gasteiger partial charge in [-0.25, -0.2) is 0 Å². The summed E-state index contributed by atoms with van der Waals surface area (Å²) in [5.41, 5.74) is 3.65. The Morgan fingerprint density at radius 3 is 2.50 bits per heavy atom. The summed E-state index contributed by atoms with van der Waals surface area (Å²) in [6.07, 6.45) is 2.70. The number of anilines is 2. The molecule has 1 heterocycles. The van der Waals surface area contributed by atoms with Gasteiger partial charge in [-0.2, -0.15) is 0 Å². The molecule has 2 aromatic carbocycles. The molecule has 2 N–H and O–H groups in total. The van der Waals surface area contributed by atoms with E-state index in [0.717, 1.165) is 22.6 Å². The molecule has 1 aliphatic heterocycles. The molecule has 2 aromatic rings. The first-order chi connectivity index (χ1) is 12.3. The highest BCUT2D eigenvalue weighted by atomic mass is 35.5. The molecular formula is C21H20Cl2N2O. The molecule has 0 radical (unpaired) electrons. The fourth-order valence-corrected chi connectivity index (χ4v) is 4.19. The number of benzene rings is 2. The number of hydrogen-bond acceptors (Lipinski definition) is 3. The molecule has 0 spiro atoms. The fraction of sp³-hybridized carbons (Fsp3) is 0.286. The smallest absolute Gasteiger partial charge is 0.145 e. The number of carbonyl (C=O) groups is 1. The lowest BCUT2D eigenvalue weighted by Crippen LogP contribution is -2.36. The summed E-state index contributed by atoms with van der Waals surface area (Å²) in [6, 6.07) is 13.4. The van der Waals surface area contributed by atoms with Crippen molar-refractivity contribution >= 4 is 40.4 Å². The molecule has 2 atom stereocenters. The van der Waals surface area contributed by atoms with Gasteiger partial charge in [0.2, 0.25) is 0 Å². The highest BCUT2D eigenvalue weighted by Crippen LogP contribution is 2.45. The van der Waals surface area contributed by atoms with Crippen molar-refractivity contribution < 1.29 is 4.79 Å². The molecule has 26 heavy (non-hydrogen) atoms. The van der Waals surface area contributed by atoms with E-state index in [2.05, 4.69) is 30.6 Å². The van der Waals surface area contributed by atoms with Crippen LogP contribution in [0.15, 0.2) is 54.2 Å². The fourth-order valence-electron chi connectivity index (χ4n) is 3.88. The third-order valence-corrected chi connectivity index (χ3v) is 5.75. The van der Waals surface area contributed by atoms with E-state index < -0.39 is 0 Å². The van der Waals surface area contributed by atoms with Crippen molar-refractivity contribution in [1.82, 2.24) is 0 Å². The average molecular weight is 387 g/mol. The minimum atomic E-state index is -0.298. The van der Waals surface area contributed by atoms with Gasteiger partial charge in [0, 0.05) is 12.1 Å². The lowest BCUT2D eigenvalue weighted by Gasteiger charge is -2.35. The zero-order chi connectivity index (χ0) is 18.5. The van der Waals surface area contributed by atoms with Crippen LogP contribution in [0.3, 0.4) is 0 Å². The van der Waals surface area contributed by atoms with E-state index in [9.17, 15) is 4.79 Å². The van der Waals surface area contributed by atoms with Crippen LogP contribution in [0.25, 0.3) is 0 Å². The average Bonchev–Trinajstić information content (AvgIpc) is 2.72. The van der Waals surface area contributed by atoms with Crippen LogP contribution in [0.2, 0.25) is 10.0 Å². The van der Waals surface area contributed by atoms with Crippen LogP contribution in [0.4, 0.5) is 11.4 Å². The summed E-state index contributed by atoms with van der Waals surface area (Å²) in [4.78, 5) is 13.1. The monoisotopic (exact) mass is 386 g/mol. The largest absolute Gasteiger partial charge is 0.375 e. The molecule has 2 unspecified atom stereocenters. The number of fused-ring (bicyclic) bond motifs is 2. The number of allylic oxidation sites excluding steroid dienone is 1. The van der Waals surface area contributed by atoms with E-state index in [1.807, 2.05) is 36.4 Å². The minimum Gasteiger partial charge on any atom is -0.375 e. The Morgan fingerprint density at radius 2 is 1.77 bits per heavy atom. The molecule has 2 aliphatic rings. The number of Topliss-reactive ketones (excluding diaryl/α,β-unsaturated/α-hetero) is 1. The van der Waals surface area contributed by atoms with Crippen molar-refractivity contribution in [2.75, 3.05) is 10.6 Å². The number of hydrogen-bond donors (Lipinski definition) is 2. The molecule has 0 saturated carbocycles. The van der Waals surface area contributed by atoms with Crippen molar-refractivity contribution in [3.05, 3.63) is 69.8 Å². The van der Waals surface area contributed by atoms with Gasteiger partial charge in [0.05, 0.1) is 33.4 Å². The van der Waals surface area contributed by atoms with Crippen molar-refractivity contribution in [3.63, 3.8) is 0 Å². The lowest BCUT2D eigenvalue weighted by molar-refractivity contribution is -0.124. The molecule has 5 heteroatoms. The molecule has 0 bridgehead atoms. The Morgan fingerprint density at radius 1 is 1.04 bits per heavy atom. The summed E-state index contributed by atoms with van der Waals surface area (Å²) < 4.78 is 0. The second-order valence-corrected chi connectivity index (χ2v) is 8.49. The number of carbonyl (C=O) groups excluding carboxylic acids is 1. The standard InChI is InChI=1S/C21H20Cl2N2O/c1-21(2)10-17-19(18(26)11-21)20(12-7-8-13(22)14(23)9-12)25-16-6-4-3-5-15(16)24-17/h3-10,19-20,24-25H,11H2,1-2H3. The van der Waals surface area contributed by atoms with Crippen molar-refractivity contribution in [1.29, 1.82) is 0 Å². The summed E-state index contributed by atoms with van der Waals surface area (Å²) >= 11 is 12.3. The quantitative estimate of drug-likeness (QED) is 0.624.